The first-order valence-electron chi connectivity index (χ1n) is 8.99. The molecule has 4 rings (SSSR count). The number of hydrogen-bond acceptors (Lipinski definition) is 5. The summed E-state index contributed by atoms with van der Waals surface area (Å²) in [7, 11) is 0. The maximum absolute atomic E-state index is 13.2. The van der Waals surface area contributed by atoms with E-state index in [1.165, 1.54) is 35.2 Å². The van der Waals surface area contributed by atoms with Gasteiger partial charge in [0.05, 0.1) is 0 Å². The number of para-hydroxylation sites is 1. The number of anilines is 1. The molecule has 7 nitrogen and oxygen atoms in total. The van der Waals surface area contributed by atoms with Gasteiger partial charge in [0.25, 0.3) is 11.3 Å². The monoisotopic (exact) mass is 392 g/mol. The number of rotatable bonds is 5. The number of carbonyl (C=O) groups is 1. The molecule has 146 valence electrons. The van der Waals surface area contributed by atoms with E-state index in [9.17, 15) is 14.0 Å². The highest BCUT2D eigenvalue weighted by Gasteiger charge is 2.17. The van der Waals surface area contributed by atoms with Crippen LogP contribution in [0.3, 0.4) is 0 Å². The van der Waals surface area contributed by atoms with Crippen molar-refractivity contribution in [2.45, 2.75) is 19.9 Å². The summed E-state index contributed by atoms with van der Waals surface area (Å²) in [4.78, 5) is 29.3. The number of benzene rings is 2. The highest BCUT2D eigenvalue weighted by Crippen LogP contribution is 2.24. The van der Waals surface area contributed by atoms with Crippen LogP contribution in [0.4, 0.5) is 10.1 Å². The Balaban J connectivity index is 1.57. The van der Waals surface area contributed by atoms with Crippen molar-refractivity contribution >= 4 is 22.7 Å². The topological polar surface area (TPSA) is 90.0 Å². The molecule has 0 saturated heterocycles. The minimum absolute atomic E-state index is 0.0925. The van der Waals surface area contributed by atoms with Crippen molar-refractivity contribution < 1.29 is 13.7 Å². The molecule has 2 aromatic heterocycles. The van der Waals surface area contributed by atoms with Crippen LogP contribution >= 0.6 is 0 Å². The van der Waals surface area contributed by atoms with Gasteiger partial charge in [0, 0.05) is 24.2 Å². The van der Waals surface area contributed by atoms with Gasteiger partial charge in [0.15, 0.2) is 0 Å². The Morgan fingerprint density at radius 2 is 1.93 bits per heavy atom. The SMILES string of the molecule is Cc1ccccc1NC(=O)CCn1cnc2onc(-c3ccc(F)cc3)c2c1=O. The number of nitrogens with zero attached hydrogens (tertiary/aromatic N) is 3. The van der Waals surface area contributed by atoms with Crippen molar-refractivity contribution in [3.05, 3.63) is 76.6 Å². The third kappa shape index (κ3) is 3.77. The van der Waals surface area contributed by atoms with E-state index in [0.29, 0.717) is 5.56 Å². The largest absolute Gasteiger partial charge is 0.335 e. The maximum atomic E-state index is 13.2. The number of amides is 1. The van der Waals surface area contributed by atoms with Gasteiger partial charge in [-0.05, 0) is 42.8 Å². The molecule has 0 radical (unpaired) electrons. The zero-order chi connectivity index (χ0) is 20.4. The molecule has 0 bridgehead atoms. The molecule has 29 heavy (non-hydrogen) atoms. The van der Waals surface area contributed by atoms with Crippen LogP contribution in [-0.2, 0) is 11.3 Å². The highest BCUT2D eigenvalue weighted by molar-refractivity contribution is 5.91. The summed E-state index contributed by atoms with van der Waals surface area (Å²) in [5, 5.41) is 6.93. The molecule has 0 unspecified atom stereocenters. The molecule has 8 heteroatoms. The van der Waals surface area contributed by atoms with Crippen molar-refractivity contribution in [1.29, 1.82) is 0 Å². The number of aromatic nitrogens is 3. The number of nitrogens with one attached hydrogen (secondary N) is 1. The van der Waals surface area contributed by atoms with Gasteiger partial charge in [-0.1, -0.05) is 23.4 Å². The number of halogens is 1. The summed E-state index contributed by atoms with van der Waals surface area (Å²) in [6.45, 7) is 2.05. The second-order valence-corrected chi connectivity index (χ2v) is 6.57. The fraction of sp³-hybridized carbons (Fsp3) is 0.143. The number of carbonyl (C=O) groups excluding carboxylic acids is 1. The predicted octanol–water partition coefficient (Wildman–Crippen LogP) is 3.53. The Hall–Kier alpha value is -3.81. The van der Waals surface area contributed by atoms with Crippen molar-refractivity contribution in [2.24, 2.45) is 0 Å². The zero-order valence-corrected chi connectivity index (χ0v) is 15.6. The normalized spacial score (nSPS) is 11.0. The van der Waals surface area contributed by atoms with Gasteiger partial charge in [0.1, 0.15) is 23.2 Å². The lowest BCUT2D eigenvalue weighted by Crippen LogP contribution is -2.23. The van der Waals surface area contributed by atoms with Crippen molar-refractivity contribution in [1.82, 2.24) is 14.7 Å². The van der Waals surface area contributed by atoms with E-state index in [4.69, 9.17) is 4.52 Å². The van der Waals surface area contributed by atoms with E-state index in [0.717, 1.165) is 11.3 Å². The van der Waals surface area contributed by atoms with E-state index < -0.39 is 5.82 Å². The van der Waals surface area contributed by atoms with Gasteiger partial charge in [-0.3, -0.25) is 14.2 Å². The van der Waals surface area contributed by atoms with E-state index in [-0.39, 0.29) is 41.2 Å². The molecule has 0 atom stereocenters. The number of fused-ring (bicyclic) bond motifs is 1. The van der Waals surface area contributed by atoms with Gasteiger partial charge in [0.2, 0.25) is 5.91 Å². The summed E-state index contributed by atoms with van der Waals surface area (Å²) < 4.78 is 19.7. The Morgan fingerprint density at radius 1 is 1.17 bits per heavy atom. The Kier molecular flexibility index (Phi) is 4.90. The molecule has 2 aromatic carbocycles. The van der Waals surface area contributed by atoms with Crippen LogP contribution in [0.2, 0.25) is 0 Å². The smallest absolute Gasteiger partial charge is 0.266 e. The first kappa shape index (κ1) is 18.5. The van der Waals surface area contributed by atoms with Crippen LogP contribution in [0, 0.1) is 12.7 Å². The van der Waals surface area contributed by atoms with Crippen LogP contribution in [0.5, 0.6) is 0 Å². The molecule has 1 N–H and O–H groups in total. The van der Waals surface area contributed by atoms with E-state index in [2.05, 4.69) is 15.5 Å². The molecule has 0 aliphatic heterocycles. The zero-order valence-electron chi connectivity index (χ0n) is 15.6. The first-order valence-corrected chi connectivity index (χ1v) is 8.99. The van der Waals surface area contributed by atoms with E-state index >= 15 is 0 Å². The lowest BCUT2D eigenvalue weighted by atomic mass is 10.1. The fourth-order valence-electron chi connectivity index (χ4n) is 2.99. The minimum atomic E-state index is -0.392. The Morgan fingerprint density at radius 3 is 2.69 bits per heavy atom. The van der Waals surface area contributed by atoms with Crippen LogP contribution < -0.4 is 10.9 Å². The molecule has 0 spiro atoms. The third-order valence-electron chi connectivity index (χ3n) is 4.58. The van der Waals surface area contributed by atoms with Gasteiger partial charge in [-0.2, -0.15) is 0 Å². The molecular formula is C21H17FN4O3. The predicted molar refractivity (Wildman–Crippen MR) is 106 cm³/mol. The summed E-state index contributed by atoms with van der Waals surface area (Å²) in [5.41, 5.74) is 2.23. The molecule has 0 fully saturated rings. The van der Waals surface area contributed by atoms with Crippen molar-refractivity contribution in [2.75, 3.05) is 5.32 Å². The molecule has 0 aliphatic carbocycles. The number of aryl methyl sites for hydroxylation is 2. The molecule has 1 amide bonds. The second-order valence-electron chi connectivity index (χ2n) is 6.57. The van der Waals surface area contributed by atoms with Gasteiger partial charge < -0.3 is 9.84 Å². The third-order valence-corrected chi connectivity index (χ3v) is 4.58. The molecule has 0 saturated carbocycles. The molecule has 4 aromatic rings. The Bertz CT molecular complexity index is 1250. The van der Waals surface area contributed by atoms with Gasteiger partial charge in [-0.25, -0.2) is 9.37 Å². The average molecular weight is 392 g/mol. The second kappa shape index (κ2) is 7.67. The summed E-state index contributed by atoms with van der Waals surface area (Å²) in [6.07, 6.45) is 1.42. The lowest BCUT2D eigenvalue weighted by Gasteiger charge is -2.09. The first-order chi connectivity index (χ1) is 14.0. The van der Waals surface area contributed by atoms with E-state index in [1.807, 2.05) is 31.2 Å². The molecule has 2 heterocycles. The van der Waals surface area contributed by atoms with Crippen LogP contribution in [0.25, 0.3) is 22.4 Å². The Labute approximate surface area is 164 Å². The van der Waals surface area contributed by atoms with Crippen LogP contribution in [0.15, 0.2) is 64.2 Å². The molecule has 0 aliphatic rings. The highest BCUT2D eigenvalue weighted by atomic mass is 19.1. The van der Waals surface area contributed by atoms with E-state index in [1.54, 1.807) is 0 Å². The minimum Gasteiger partial charge on any atom is -0.335 e. The van der Waals surface area contributed by atoms with Gasteiger partial charge >= 0.3 is 0 Å². The van der Waals surface area contributed by atoms with Crippen molar-refractivity contribution in [3.8, 4) is 11.3 Å². The fourth-order valence-corrected chi connectivity index (χ4v) is 2.99. The average Bonchev–Trinajstić information content (AvgIpc) is 3.15. The number of hydrogen-bond donors (Lipinski definition) is 1. The van der Waals surface area contributed by atoms with Crippen LogP contribution in [-0.4, -0.2) is 20.6 Å². The summed E-state index contributed by atoms with van der Waals surface area (Å²) in [6, 6.07) is 13.0. The summed E-state index contributed by atoms with van der Waals surface area (Å²) in [5.74, 6) is -0.605. The quantitative estimate of drug-likeness (QED) is 0.561. The van der Waals surface area contributed by atoms with Crippen LogP contribution in [0.1, 0.15) is 12.0 Å². The molecular weight excluding hydrogens is 375 g/mol. The maximum Gasteiger partial charge on any atom is 0.266 e. The van der Waals surface area contributed by atoms with Gasteiger partial charge in [-0.15, -0.1) is 0 Å². The standard InChI is InChI=1S/C21H17FN4O3/c1-13-4-2-3-5-16(13)24-17(27)10-11-26-12-23-20-18(21(26)28)19(25-29-20)14-6-8-15(22)9-7-14/h2-9,12H,10-11H2,1H3,(H,24,27). The van der Waals surface area contributed by atoms with Crippen molar-refractivity contribution in [3.63, 3.8) is 0 Å². The summed E-state index contributed by atoms with van der Waals surface area (Å²) >= 11 is 0. The lowest BCUT2D eigenvalue weighted by molar-refractivity contribution is -0.116.